The Balaban J connectivity index is 2.79. The van der Waals surface area contributed by atoms with Crippen molar-refractivity contribution < 1.29 is 19.1 Å². The lowest BCUT2D eigenvalue weighted by atomic mass is 10.0. The standard InChI is InChI=1S/C21H26INO5/c1-7-27-19(25)15-11-23(16-9-8-13(22)10-14(16)18(15)24)17(12(2)3)20(26)28-21(4,5)6/h8-12,17H,7H2,1-6H3/t17-/m0/s1. The number of halogens is 1. The van der Waals surface area contributed by atoms with E-state index in [1.807, 2.05) is 19.9 Å². The molecule has 152 valence electrons. The minimum Gasteiger partial charge on any atom is -0.462 e. The molecule has 0 N–H and O–H groups in total. The number of ether oxygens (including phenoxy) is 2. The smallest absolute Gasteiger partial charge is 0.343 e. The molecule has 1 aromatic heterocycles. The lowest BCUT2D eigenvalue weighted by Gasteiger charge is -2.29. The van der Waals surface area contributed by atoms with E-state index in [0.29, 0.717) is 10.9 Å². The number of nitrogens with zero attached hydrogens (tertiary/aromatic N) is 1. The number of hydrogen-bond acceptors (Lipinski definition) is 5. The van der Waals surface area contributed by atoms with Crippen molar-refractivity contribution in [3.05, 3.63) is 43.8 Å². The Morgan fingerprint density at radius 1 is 1.21 bits per heavy atom. The third-order valence-electron chi connectivity index (χ3n) is 4.07. The van der Waals surface area contributed by atoms with Gasteiger partial charge in [0, 0.05) is 15.2 Å². The van der Waals surface area contributed by atoms with Gasteiger partial charge in [0.15, 0.2) is 0 Å². The molecular formula is C21H26INO5. The van der Waals surface area contributed by atoms with Crippen molar-refractivity contribution in [3.63, 3.8) is 0 Å². The van der Waals surface area contributed by atoms with Gasteiger partial charge in [-0.3, -0.25) is 4.79 Å². The van der Waals surface area contributed by atoms with Gasteiger partial charge in [-0.2, -0.15) is 0 Å². The fraction of sp³-hybridized carbons (Fsp3) is 0.476. The molecule has 0 amide bonds. The highest BCUT2D eigenvalue weighted by molar-refractivity contribution is 14.1. The molecule has 2 aromatic rings. The molecule has 0 saturated carbocycles. The summed E-state index contributed by atoms with van der Waals surface area (Å²) < 4.78 is 13.2. The van der Waals surface area contributed by atoms with Crippen LogP contribution in [0.3, 0.4) is 0 Å². The number of rotatable bonds is 5. The van der Waals surface area contributed by atoms with E-state index >= 15 is 0 Å². The molecule has 6 nitrogen and oxygen atoms in total. The van der Waals surface area contributed by atoms with E-state index in [0.717, 1.165) is 3.57 Å². The first-order chi connectivity index (χ1) is 13.0. The first kappa shape index (κ1) is 22.4. The van der Waals surface area contributed by atoms with Crippen LogP contribution in [0.4, 0.5) is 0 Å². The van der Waals surface area contributed by atoms with E-state index in [4.69, 9.17) is 9.47 Å². The van der Waals surface area contributed by atoms with Crippen molar-refractivity contribution in [2.24, 2.45) is 5.92 Å². The Kier molecular flexibility index (Phi) is 6.90. The fourth-order valence-corrected chi connectivity index (χ4v) is 3.47. The zero-order chi connectivity index (χ0) is 21.2. The van der Waals surface area contributed by atoms with Gasteiger partial charge < -0.3 is 14.0 Å². The highest BCUT2D eigenvalue weighted by Gasteiger charge is 2.31. The summed E-state index contributed by atoms with van der Waals surface area (Å²) in [7, 11) is 0. The molecule has 1 atom stereocenters. The van der Waals surface area contributed by atoms with Crippen LogP contribution >= 0.6 is 22.6 Å². The van der Waals surface area contributed by atoms with Gasteiger partial charge >= 0.3 is 11.9 Å². The van der Waals surface area contributed by atoms with E-state index in [2.05, 4.69) is 22.6 Å². The minimum absolute atomic E-state index is 0.0921. The molecule has 0 spiro atoms. The molecule has 2 rings (SSSR count). The number of carbonyl (C=O) groups excluding carboxylic acids is 2. The van der Waals surface area contributed by atoms with Gasteiger partial charge in [0.2, 0.25) is 5.43 Å². The molecule has 0 saturated heterocycles. The van der Waals surface area contributed by atoms with Crippen LogP contribution in [-0.2, 0) is 14.3 Å². The van der Waals surface area contributed by atoms with Crippen LogP contribution in [0.2, 0.25) is 0 Å². The number of pyridine rings is 1. The molecular weight excluding hydrogens is 473 g/mol. The molecule has 0 fully saturated rings. The highest BCUT2D eigenvalue weighted by Crippen LogP contribution is 2.27. The van der Waals surface area contributed by atoms with Gasteiger partial charge in [-0.05, 0) is 74.4 Å². The van der Waals surface area contributed by atoms with Crippen LogP contribution in [0.25, 0.3) is 10.9 Å². The second-order valence-corrected chi connectivity index (χ2v) is 9.13. The summed E-state index contributed by atoms with van der Waals surface area (Å²) in [6.07, 6.45) is 1.42. The van der Waals surface area contributed by atoms with E-state index < -0.39 is 29.0 Å². The van der Waals surface area contributed by atoms with Gasteiger partial charge in [-0.15, -0.1) is 0 Å². The van der Waals surface area contributed by atoms with Crippen molar-refractivity contribution in [2.75, 3.05) is 6.61 Å². The van der Waals surface area contributed by atoms with Crippen molar-refractivity contribution in [1.82, 2.24) is 4.57 Å². The fourth-order valence-electron chi connectivity index (χ4n) is 2.98. The SMILES string of the molecule is CCOC(=O)c1cn([C@H](C(=O)OC(C)(C)C)C(C)C)c2ccc(I)cc2c1=O. The number of aromatic nitrogens is 1. The monoisotopic (exact) mass is 499 g/mol. The van der Waals surface area contributed by atoms with Gasteiger partial charge in [0.1, 0.15) is 17.2 Å². The Bertz CT molecular complexity index is 956. The first-order valence-corrected chi connectivity index (χ1v) is 10.3. The van der Waals surface area contributed by atoms with E-state index in [-0.39, 0.29) is 18.1 Å². The zero-order valence-electron chi connectivity index (χ0n) is 17.0. The Morgan fingerprint density at radius 3 is 2.39 bits per heavy atom. The third-order valence-corrected chi connectivity index (χ3v) is 4.74. The second-order valence-electron chi connectivity index (χ2n) is 7.88. The minimum atomic E-state index is -0.700. The molecule has 0 unspecified atom stereocenters. The lowest BCUT2D eigenvalue weighted by molar-refractivity contribution is -0.160. The number of benzene rings is 1. The van der Waals surface area contributed by atoms with Crippen molar-refractivity contribution >= 4 is 45.4 Å². The number of carbonyl (C=O) groups is 2. The van der Waals surface area contributed by atoms with E-state index in [1.54, 1.807) is 44.4 Å². The van der Waals surface area contributed by atoms with Gasteiger partial charge in [0.05, 0.1) is 12.1 Å². The Labute approximate surface area is 178 Å². The average molecular weight is 499 g/mol. The predicted octanol–water partition coefficient (Wildman–Crippen LogP) is 4.32. The molecule has 0 aliphatic rings. The summed E-state index contributed by atoms with van der Waals surface area (Å²) in [5.74, 6) is -1.25. The highest BCUT2D eigenvalue weighted by atomic mass is 127. The topological polar surface area (TPSA) is 74.6 Å². The van der Waals surface area contributed by atoms with Crippen molar-refractivity contribution in [1.29, 1.82) is 0 Å². The molecule has 0 aliphatic heterocycles. The second kappa shape index (κ2) is 8.63. The largest absolute Gasteiger partial charge is 0.462 e. The van der Waals surface area contributed by atoms with Gasteiger partial charge in [-0.1, -0.05) is 13.8 Å². The number of fused-ring (bicyclic) bond motifs is 1. The Hall–Kier alpha value is -1.90. The van der Waals surface area contributed by atoms with Crippen LogP contribution in [0.15, 0.2) is 29.2 Å². The zero-order valence-corrected chi connectivity index (χ0v) is 19.2. The molecule has 28 heavy (non-hydrogen) atoms. The van der Waals surface area contributed by atoms with Crippen LogP contribution in [0.1, 0.15) is 57.9 Å². The third kappa shape index (κ3) is 4.92. The predicted molar refractivity (Wildman–Crippen MR) is 117 cm³/mol. The number of hydrogen-bond donors (Lipinski definition) is 0. The summed E-state index contributed by atoms with van der Waals surface area (Å²) in [5, 5.41) is 0.367. The maximum Gasteiger partial charge on any atom is 0.343 e. The quantitative estimate of drug-likeness (QED) is 0.453. The summed E-state index contributed by atoms with van der Waals surface area (Å²) >= 11 is 2.11. The van der Waals surface area contributed by atoms with Gasteiger partial charge in [0.25, 0.3) is 0 Å². The Morgan fingerprint density at radius 2 is 1.86 bits per heavy atom. The summed E-state index contributed by atoms with van der Waals surface area (Å²) in [6, 6.07) is 4.66. The van der Waals surface area contributed by atoms with Crippen LogP contribution in [0, 0.1) is 9.49 Å². The van der Waals surface area contributed by atoms with Crippen molar-refractivity contribution in [2.45, 2.75) is 53.2 Å². The molecule has 1 heterocycles. The summed E-state index contributed by atoms with van der Waals surface area (Å²) in [6.45, 7) is 11.0. The normalized spacial score (nSPS) is 12.9. The number of esters is 2. The lowest BCUT2D eigenvalue weighted by Crippen LogP contribution is -2.34. The molecule has 1 aromatic carbocycles. The molecule has 0 aliphatic carbocycles. The van der Waals surface area contributed by atoms with E-state index in [9.17, 15) is 14.4 Å². The van der Waals surface area contributed by atoms with Gasteiger partial charge in [-0.25, -0.2) is 9.59 Å². The van der Waals surface area contributed by atoms with Crippen molar-refractivity contribution in [3.8, 4) is 0 Å². The molecule has 0 bridgehead atoms. The maximum atomic E-state index is 13.0. The molecule has 7 heteroatoms. The summed E-state index contributed by atoms with van der Waals surface area (Å²) in [5.41, 5.74) is -0.582. The van der Waals surface area contributed by atoms with Crippen LogP contribution in [0.5, 0.6) is 0 Å². The van der Waals surface area contributed by atoms with Crippen LogP contribution in [-0.4, -0.2) is 28.7 Å². The van der Waals surface area contributed by atoms with Crippen LogP contribution < -0.4 is 5.43 Å². The average Bonchev–Trinajstić information content (AvgIpc) is 2.55. The molecule has 0 radical (unpaired) electrons. The first-order valence-electron chi connectivity index (χ1n) is 9.20. The maximum absolute atomic E-state index is 13.0. The summed E-state index contributed by atoms with van der Waals surface area (Å²) in [4.78, 5) is 38.3. The van der Waals surface area contributed by atoms with E-state index in [1.165, 1.54) is 6.20 Å².